The van der Waals surface area contributed by atoms with Crippen LogP contribution in [0.15, 0.2) is 41.1 Å². The normalized spacial score (nSPS) is 16.2. The van der Waals surface area contributed by atoms with Crippen molar-refractivity contribution in [2.45, 2.75) is 38.8 Å². The number of furan rings is 1. The number of aliphatic hydroxyl groups is 1. The number of benzene rings is 1. The molecule has 1 fully saturated rings. The van der Waals surface area contributed by atoms with Gasteiger partial charge in [-0.05, 0) is 38.8 Å². The van der Waals surface area contributed by atoms with Crippen molar-refractivity contribution in [1.82, 2.24) is 15.2 Å². The number of pyridine rings is 1. The molecular weight excluding hydrogens is 397 g/mol. The highest BCUT2D eigenvalue weighted by molar-refractivity contribution is 5.92. The predicted octanol–water partition coefficient (Wildman–Crippen LogP) is 4.35. The molecule has 1 aliphatic heterocycles. The predicted molar refractivity (Wildman–Crippen MR) is 118 cm³/mol. The molecule has 1 aliphatic rings. The van der Waals surface area contributed by atoms with Gasteiger partial charge in [0.15, 0.2) is 11.6 Å². The Hall–Kier alpha value is -3.26. The number of hydrogen-bond acceptors (Lipinski definition) is 7. The standard InChI is InChI=1S/C23H24FN5O2/c1-13(17-4-3-5-18-20(24)12-31-22(17)18)26-23-19-10-15(29-8-6-16(30)7-9-29)11-25-21(19)14(2)27-28-23/h3-5,10-13,16,30H,6-9H2,1-2H3,(H,26,28)/t13-/m1/s1. The molecule has 5 rings (SSSR count). The summed E-state index contributed by atoms with van der Waals surface area (Å²) < 4.78 is 19.4. The van der Waals surface area contributed by atoms with Crippen molar-refractivity contribution in [2.75, 3.05) is 23.3 Å². The third-order valence-electron chi connectivity index (χ3n) is 6.00. The van der Waals surface area contributed by atoms with Crippen LogP contribution in [0.1, 0.15) is 37.1 Å². The smallest absolute Gasteiger partial charge is 0.169 e. The summed E-state index contributed by atoms with van der Waals surface area (Å²) in [6.07, 6.45) is 4.25. The molecule has 0 aliphatic carbocycles. The number of fused-ring (bicyclic) bond motifs is 2. The molecule has 31 heavy (non-hydrogen) atoms. The third kappa shape index (κ3) is 3.57. The Labute approximate surface area is 178 Å². The molecule has 160 valence electrons. The van der Waals surface area contributed by atoms with Gasteiger partial charge in [-0.25, -0.2) is 4.39 Å². The molecular formula is C23H24FN5O2. The quantitative estimate of drug-likeness (QED) is 0.506. The first-order valence-corrected chi connectivity index (χ1v) is 10.5. The summed E-state index contributed by atoms with van der Waals surface area (Å²) in [7, 11) is 0. The maximum atomic E-state index is 13.9. The highest BCUT2D eigenvalue weighted by atomic mass is 19.1. The van der Waals surface area contributed by atoms with Crippen molar-refractivity contribution in [3.05, 3.63) is 53.8 Å². The number of nitrogens with one attached hydrogen (secondary N) is 1. The van der Waals surface area contributed by atoms with Gasteiger partial charge >= 0.3 is 0 Å². The summed E-state index contributed by atoms with van der Waals surface area (Å²) in [6.45, 7) is 5.44. The van der Waals surface area contributed by atoms with Crippen molar-refractivity contribution < 1.29 is 13.9 Å². The minimum absolute atomic E-state index is 0.191. The highest BCUT2D eigenvalue weighted by Crippen LogP contribution is 2.32. The lowest BCUT2D eigenvalue weighted by Crippen LogP contribution is -2.35. The van der Waals surface area contributed by atoms with Crippen molar-refractivity contribution in [3.63, 3.8) is 0 Å². The third-order valence-corrected chi connectivity index (χ3v) is 6.00. The Morgan fingerprint density at radius 3 is 2.84 bits per heavy atom. The molecule has 0 saturated carbocycles. The van der Waals surface area contributed by atoms with E-state index in [1.165, 1.54) is 0 Å². The molecule has 0 amide bonds. The molecule has 1 atom stereocenters. The second kappa shape index (κ2) is 7.77. The van der Waals surface area contributed by atoms with Crippen LogP contribution in [-0.4, -0.2) is 39.5 Å². The van der Waals surface area contributed by atoms with E-state index < -0.39 is 0 Å². The molecule has 1 saturated heterocycles. The number of rotatable bonds is 4. The molecule has 0 spiro atoms. The number of nitrogens with zero attached hydrogens (tertiary/aromatic N) is 4. The van der Waals surface area contributed by atoms with E-state index >= 15 is 0 Å². The van der Waals surface area contributed by atoms with E-state index in [0.29, 0.717) is 16.8 Å². The van der Waals surface area contributed by atoms with Crippen LogP contribution in [0.5, 0.6) is 0 Å². The van der Waals surface area contributed by atoms with Crippen LogP contribution in [0, 0.1) is 12.7 Å². The number of para-hydroxylation sites is 1. The summed E-state index contributed by atoms with van der Waals surface area (Å²) in [5.74, 6) is 0.244. The Balaban J connectivity index is 1.51. The van der Waals surface area contributed by atoms with E-state index in [1.54, 1.807) is 6.07 Å². The van der Waals surface area contributed by atoms with E-state index in [2.05, 4.69) is 31.5 Å². The second-order valence-corrected chi connectivity index (χ2v) is 8.12. The lowest BCUT2D eigenvalue weighted by atomic mass is 10.1. The summed E-state index contributed by atoms with van der Waals surface area (Å²) in [4.78, 5) is 6.88. The van der Waals surface area contributed by atoms with Gasteiger partial charge in [0.25, 0.3) is 0 Å². The number of piperidine rings is 1. The molecule has 0 unspecified atom stereocenters. The van der Waals surface area contributed by atoms with E-state index in [1.807, 2.05) is 32.2 Å². The Bertz CT molecular complexity index is 1250. The van der Waals surface area contributed by atoms with Gasteiger partial charge in [-0.15, -0.1) is 5.10 Å². The van der Waals surface area contributed by atoms with Gasteiger partial charge in [-0.3, -0.25) is 4.98 Å². The van der Waals surface area contributed by atoms with Crippen LogP contribution in [0.3, 0.4) is 0 Å². The SMILES string of the molecule is Cc1nnc(N[C@H](C)c2cccc3c(F)coc23)c2cc(N3CCC(O)CC3)cnc12. The Morgan fingerprint density at radius 1 is 1.23 bits per heavy atom. The molecule has 0 bridgehead atoms. The zero-order valence-electron chi connectivity index (χ0n) is 17.5. The molecule has 4 heterocycles. The van der Waals surface area contributed by atoms with Gasteiger partial charge in [0.1, 0.15) is 11.8 Å². The van der Waals surface area contributed by atoms with E-state index in [9.17, 15) is 9.50 Å². The zero-order chi connectivity index (χ0) is 21.5. The van der Waals surface area contributed by atoms with Gasteiger partial charge < -0.3 is 19.7 Å². The van der Waals surface area contributed by atoms with Gasteiger partial charge in [0.2, 0.25) is 0 Å². The molecule has 8 heteroatoms. The first kappa shape index (κ1) is 19.7. The van der Waals surface area contributed by atoms with Crippen LogP contribution < -0.4 is 10.2 Å². The van der Waals surface area contributed by atoms with Crippen LogP contribution in [0.2, 0.25) is 0 Å². The molecule has 2 N–H and O–H groups in total. The summed E-state index contributed by atoms with van der Waals surface area (Å²) in [5, 5.41) is 23.2. The number of aliphatic hydroxyl groups excluding tert-OH is 1. The topological polar surface area (TPSA) is 87.3 Å². The molecule has 3 aromatic heterocycles. The number of anilines is 2. The van der Waals surface area contributed by atoms with Crippen molar-refractivity contribution in [1.29, 1.82) is 0 Å². The number of aryl methyl sites for hydroxylation is 1. The fourth-order valence-electron chi connectivity index (χ4n) is 4.22. The fourth-order valence-corrected chi connectivity index (χ4v) is 4.22. The van der Waals surface area contributed by atoms with Crippen molar-refractivity contribution in [3.8, 4) is 0 Å². The van der Waals surface area contributed by atoms with Gasteiger partial charge in [0.05, 0.1) is 40.6 Å². The zero-order valence-corrected chi connectivity index (χ0v) is 17.5. The molecule has 1 aromatic carbocycles. The Kier molecular flexibility index (Phi) is 4.94. The largest absolute Gasteiger partial charge is 0.461 e. The monoisotopic (exact) mass is 421 g/mol. The lowest BCUT2D eigenvalue weighted by molar-refractivity contribution is 0.145. The van der Waals surface area contributed by atoms with Crippen LogP contribution in [0.4, 0.5) is 15.9 Å². The molecule has 7 nitrogen and oxygen atoms in total. The second-order valence-electron chi connectivity index (χ2n) is 8.12. The van der Waals surface area contributed by atoms with Crippen LogP contribution in [0.25, 0.3) is 21.9 Å². The van der Waals surface area contributed by atoms with E-state index in [-0.39, 0.29) is 18.0 Å². The van der Waals surface area contributed by atoms with Crippen molar-refractivity contribution in [2.24, 2.45) is 0 Å². The lowest BCUT2D eigenvalue weighted by Gasteiger charge is -2.31. The van der Waals surface area contributed by atoms with Crippen LogP contribution in [-0.2, 0) is 0 Å². The first-order chi connectivity index (χ1) is 15.0. The maximum Gasteiger partial charge on any atom is 0.169 e. The van der Waals surface area contributed by atoms with Gasteiger partial charge in [0, 0.05) is 24.0 Å². The minimum Gasteiger partial charge on any atom is -0.461 e. The van der Waals surface area contributed by atoms with Crippen LogP contribution >= 0.6 is 0 Å². The summed E-state index contributed by atoms with van der Waals surface area (Å²) in [5.41, 5.74) is 3.90. The highest BCUT2D eigenvalue weighted by Gasteiger charge is 2.20. The van der Waals surface area contributed by atoms with Crippen molar-refractivity contribution >= 4 is 33.4 Å². The first-order valence-electron chi connectivity index (χ1n) is 10.5. The fraction of sp³-hybridized carbons (Fsp3) is 0.348. The average molecular weight is 421 g/mol. The maximum absolute atomic E-state index is 13.9. The number of aromatic nitrogens is 3. The number of hydrogen-bond donors (Lipinski definition) is 2. The Morgan fingerprint density at radius 2 is 2.03 bits per heavy atom. The van der Waals surface area contributed by atoms with E-state index in [4.69, 9.17) is 4.42 Å². The molecule has 0 radical (unpaired) electrons. The minimum atomic E-state index is -0.370. The van der Waals surface area contributed by atoms with E-state index in [0.717, 1.165) is 60.0 Å². The average Bonchev–Trinajstić information content (AvgIpc) is 3.17. The van der Waals surface area contributed by atoms with Gasteiger partial charge in [-0.2, -0.15) is 5.10 Å². The number of halogens is 1. The summed E-state index contributed by atoms with van der Waals surface area (Å²) in [6, 6.07) is 7.32. The molecule has 4 aromatic rings. The van der Waals surface area contributed by atoms with Gasteiger partial charge in [-0.1, -0.05) is 12.1 Å². The summed E-state index contributed by atoms with van der Waals surface area (Å²) >= 11 is 0.